The monoisotopic (exact) mass is 335 g/mol. The van der Waals surface area contributed by atoms with Crippen LogP contribution in [0.2, 0.25) is 5.02 Å². The number of nitrogen functional groups attached to an aromatic ring is 1. The van der Waals surface area contributed by atoms with Crippen molar-refractivity contribution >= 4 is 23.0 Å². The summed E-state index contributed by atoms with van der Waals surface area (Å²) in [5.74, 6) is 1.66. The highest BCUT2D eigenvalue weighted by Crippen LogP contribution is 2.46. The van der Waals surface area contributed by atoms with E-state index in [1.807, 2.05) is 25.1 Å². The minimum absolute atomic E-state index is 0.0309. The van der Waals surface area contributed by atoms with Crippen LogP contribution in [-0.4, -0.2) is 5.11 Å². The highest BCUT2D eigenvalue weighted by Gasteiger charge is 2.37. The Morgan fingerprint density at radius 2 is 1.96 bits per heavy atom. The van der Waals surface area contributed by atoms with Crippen LogP contribution >= 0.6 is 11.6 Å². The van der Waals surface area contributed by atoms with E-state index in [-0.39, 0.29) is 10.8 Å². The lowest BCUT2D eigenvalue weighted by molar-refractivity contribution is 0.138. The molecule has 1 aromatic rings. The number of hydrogen-bond acceptors (Lipinski definition) is 4. The number of rotatable bonds is 4. The van der Waals surface area contributed by atoms with Gasteiger partial charge in [0.1, 0.15) is 10.8 Å². The fourth-order valence-corrected chi connectivity index (χ4v) is 3.61. The van der Waals surface area contributed by atoms with Crippen molar-refractivity contribution in [2.24, 2.45) is 23.5 Å². The van der Waals surface area contributed by atoms with Crippen LogP contribution in [0.4, 0.5) is 11.4 Å². The number of phenols is 1. The number of nitrogens with two attached hydrogens (primary N) is 2. The molecule has 2 unspecified atom stereocenters. The first kappa shape index (κ1) is 17.5. The fourth-order valence-electron chi connectivity index (χ4n) is 3.36. The van der Waals surface area contributed by atoms with Crippen molar-refractivity contribution in [3.05, 3.63) is 40.2 Å². The number of aryl methyl sites for hydroxylation is 1. The maximum Gasteiger partial charge on any atom is 0.139 e. The van der Waals surface area contributed by atoms with Crippen LogP contribution in [0.25, 0.3) is 0 Å². The first-order valence-electron chi connectivity index (χ1n) is 7.90. The van der Waals surface area contributed by atoms with Gasteiger partial charge in [-0.3, -0.25) is 0 Å². The van der Waals surface area contributed by atoms with Crippen molar-refractivity contribution in [2.75, 3.05) is 11.1 Å². The topological polar surface area (TPSA) is 84.3 Å². The Labute approximate surface area is 143 Å². The molecule has 0 spiro atoms. The predicted molar refractivity (Wildman–Crippen MR) is 98.4 cm³/mol. The largest absolute Gasteiger partial charge is 0.506 e. The Morgan fingerprint density at radius 1 is 1.35 bits per heavy atom. The standard InChI is InChI=1S/C18H26ClN3O/c1-9-7-10(2)15(9)13(6-5-12(4)20)22-14-8-11(3)18(23)16(19)17(14)21/h5-6,8-10,15,22-23H,7,20-21H2,1-4H3/b12-5+,13-6+. The minimum Gasteiger partial charge on any atom is -0.506 e. The Hall–Kier alpha value is -1.81. The molecule has 0 radical (unpaired) electrons. The van der Waals surface area contributed by atoms with Gasteiger partial charge in [-0.15, -0.1) is 0 Å². The summed E-state index contributed by atoms with van der Waals surface area (Å²) in [5.41, 5.74) is 15.4. The Bertz CT molecular complexity index is 655. The van der Waals surface area contributed by atoms with Crippen LogP contribution in [0.1, 0.15) is 32.8 Å². The number of phenolic OH excluding ortho intramolecular Hbond substituents is 1. The first-order valence-corrected chi connectivity index (χ1v) is 8.28. The van der Waals surface area contributed by atoms with Crippen molar-refractivity contribution in [1.82, 2.24) is 0 Å². The number of aromatic hydroxyl groups is 1. The molecular formula is C18H26ClN3O. The van der Waals surface area contributed by atoms with E-state index in [1.165, 1.54) is 6.42 Å². The summed E-state index contributed by atoms with van der Waals surface area (Å²) in [6.07, 6.45) is 5.12. The quantitative estimate of drug-likeness (QED) is 0.373. The van der Waals surface area contributed by atoms with Gasteiger partial charge < -0.3 is 21.9 Å². The normalized spacial score (nSPS) is 25.2. The van der Waals surface area contributed by atoms with Gasteiger partial charge in [0.25, 0.3) is 0 Å². The van der Waals surface area contributed by atoms with E-state index in [1.54, 1.807) is 6.92 Å². The lowest BCUT2D eigenvalue weighted by atomic mass is 9.65. The first-order chi connectivity index (χ1) is 10.7. The van der Waals surface area contributed by atoms with E-state index in [0.29, 0.717) is 34.7 Å². The molecule has 0 heterocycles. The van der Waals surface area contributed by atoms with Gasteiger partial charge in [0.05, 0.1) is 11.4 Å². The average molecular weight is 336 g/mol. The average Bonchev–Trinajstić information content (AvgIpc) is 2.47. The van der Waals surface area contributed by atoms with E-state index >= 15 is 0 Å². The Morgan fingerprint density at radius 3 is 2.48 bits per heavy atom. The molecule has 4 nitrogen and oxygen atoms in total. The van der Waals surface area contributed by atoms with E-state index in [4.69, 9.17) is 23.1 Å². The molecule has 1 aromatic carbocycles. The number of halogens is 1. The maximum atomic E-state index is 9.89. The lowest BCUT2D eigenvalue weighted by Crippen LogP contribution is -2.36. The van der Waals surface area contributed by atoms with Crippen LogP contribution in [0.15, 0.2) is 29.6 Å². The Balaban J connectivity index is 2.39. The SMILES string of the molecule is C/C(N)=C\C=C(\Nc1cc(C)c(O)c(Cl)c1N)C1C(C)CC1C. The van der Waals surface area contributed by atoms with Gasteiger partial charge >= 0.3 is 0 Å². The second kappa shape index (κ2) is 6.75. The Kier molecular flexibility index (Phi) is 5.15. The molecule has 0 aliphatic heterocycles. The highest BCUT2D eigenvalue weighted by molar-refractivity contribution is 6.35. The van der Waals surface area contributed by atoms with Crippen LogP contribution in [-0.2, 0) is 0 Å². The smallest absolute Gasteiger partial charge is 0.139 e. The number of nitrogens with one attached hydrogen (secondary N) is 1. The highest BCUT2D eigenvalue weighted by atomic mass is 35.5. The van der Waals surface area contributed by atoms with E-state index in [2.05, 4.69) is 19.2 Å². The molecule has 1 saturated carbocycles. The summed E-state index contributed by atoms with van der Waals surface area (Å²) in [7, 11) is 0. The number of hydrogen-bond donors (Lipinski definition) is 4. The summed E-state index contributed by atoms with van der Waals surface area (Å²) < 4.78 is 0. The summed E-state index contributed by atoms with van der Waals surface area (Å²) >= 11 is 6.12. The van der Waals surface area contributed by atoms with Gasteiger partial charge in [0, 0.05) is 17.3 Å². The zero-order chi connectivity index (χ0) is 17.3. The van der Waals surface area contributed by atoms with Crippen molar-refractivity contribution in [1.29, 1.82) is 0 Å². The zero-order valence-electron chi connectivity index (χ0n) is 14.2. The molecule has 0 aromatic heterocycles. The molecule has 1 aliphatic carbocycles. The molecule has 0 bridgehead atoms. The van der Waals surface area contributed by atoms with E-state index in [9.17, 15) is 5.11 Å². The molecule has 0 saturated heterocycles. The second-order valence-corrected chi connectivity index (χ2v) is 7.07. The number of benzene rings is 1. The lowest BCUT2D eigenvalue weighted by Gasteiger charge is -2.43. The van der Waals surface area contributed by atoms with Gasteiger partial charge in [-0.25, -0.2) is 0 Å². The molecule has 2 atom stereocenters. The molecular weight excluding hydrogens is 310 g/mol. The maximum absolute atomic E-state index is 9.89. The number of anilines is 2. The third kappa shape index (κ3) is 3.58. The fraction of sp³-hybridized carbons (Fsp3) is 0.444. The predicted octanol–water partition coefficient (Wildman–Crippen LogP) is 4.39. The molecule has 5 heteroatoms. The van der Waals surface area contributed by atoms with Crippen LogP contribution in [0, 0.1) is 24.7 Å². The van der Waals surface area contributed by atoms with Crippen molar-refractivity contribution in [3.63, 3.8) is 0 Å². The molecule has 6 N–H and O–H groups in total. The van der Waals surface area contributed by atoms with Crippen LogP contribution < -0.4 is 16.8 Å². The third-order valence-electron chi connectivity index (χ3n) is 4.60. The van der Waals surface area contributed by atoms with Crippen LogP contribution in [0.5, 0.6) is 5.75 Å². The van der Waals surface area contributed by atoms with Crippen LogP contribution in [0.3, 0.4) is 0 Å². The van der Waals surface area contributed by atoms with Crippen molar-refractivity contribution in [2.45, 2.75) is 34.1 Å². The third-order valence-corrected chi connectivity index (χ3v) is 4.99. The van der Waals surface area contributed by atoms with Gasteiger partial charge in [-0.2, -0.15) is 0 Å². The van der Waals surface area contributed by atoms with Crippen molar-refractivity contribution in [3.8, 4) is 5.75 Å². The van der Waals surface area contributed by atoms with Gasteiger partial charge in [-0.05, 0) is 55.9 Å². The van der Waals surface area contributed by atoms with Gasteiger partial charge in [0.15, 0.2) is 0 Å². The molecule has 2 rings (SSSR count). The van der Waals surface area contributed by atoms with Gasteiger partial charge in [0.2, 0.25) is 0 Å². The summed E-state index contributed by atoms with van der Waals surface area (Å²) in [4.78, 5) is 0. The van der Waals surface area contributed by atoms with Gasteiger partial charge in [-0.1, -0.05) is 25.4 Å². The van der Waals surface area contributed by atoms with Crippen molar-refractivity contribution < 1.29 is 5.11 Å². The molecule has 1 aliphatic rings. The number of allylic oxidation sites excluding steroid dienone is 4. The zero-order valence-corrected chi connectivity index (χ0v) is 14.9. The second-order valence-electron chi connectivity index (χ2n) is 6.69. The molecule has 1 fully saturated rings. The molecule has 126 valence electrons. The van der Waals surface area contributed by atoms with E-state index in [0.717, 1.165) is 11.4 Å². The minimum atomic E-state index is 0.0309. The van der Waals surface area contributed by atoms with E-state index < -0.39 is 0 Å². The summed E-state index contributed by atoms with van der Waals surface area (Å²) in [5, 5.41) is 13.5. The molecule has 0 amide bonds. The summed E-state index contributed by atoms with van der Waals surface area (Å²) in [6, 6.07) is 1.82. The summed E-state index contributed by atoms with van der Waals surface area (Å²) in [6.45, 7) is 8.15. The molecule has 23 heavy (non-hydrogen) atoms.